The van der Waals surface area contributed by atoms with E-state index in [0.717, 1.165) is 51.3 Å². The molecule has 1 aromatic rings. The molecule has 0 saturated carbocycles. The maximum Gasteiger partial charge on any atom is 0.237 e. The summed E-state index contributed by atoms with van der Waals surface area (Å²) in [4.78, 5) is 16.8. The van der Waals surface area contributed by atoms with E-state index >= 15 is 0 Å². The van der Waals surface area contributed by atoms with Crippen molar-refractivity contribution in [1.29, 1.82) is 0 Å². The molecule has 1 saturated heterocycles. The minimum Gasteiger partial charge on any atom is -0.497 e. The van der Waals surface area contributed by atoms with Gasteiger partial charge in [-0.1, -0.05) is 12.1 Å². The number of benzene rings is 1. The van der Waals surface area contributed by atoms with Crippen LogP contribution in [0.4, 0.5) is 0 Å². The number of rotatable bonds is 10. The fraction of sp³-hybridized carbons (Fsp3) is 0.667. The average Bonchev–Trinajstić information content (AvgIpc) is 2.68. The Labute approximate surface area is 163 Å². The van der Waals surface area contributed by atoms with Crippen molar-refractivity contribution in [2.75, 3.05) is 54.0 Å². The van der Waals surface area contributed by atoms with Crippen molar-refractivity contribution in [3.05, 3.63) is 29.8 Å². The molecule has 1 heterocycles. The van der Waals surface area contributed by atoms with Gasteiger partial charge in [-0.3, -0.25) is 9.69 Å². The van der Waals surface area contributed by atoms with Gasteiger partial charge in [0.05, 0.1) is 25.9 Å². The first-order chi connectivity index (χ1) is 13.0. The Bertz CT molecular complexity index is 554. The van der Waals surface area contributed by atoms with E-state index in [1.807, 2.05) is 31.2 Å². The molecule has 0 spiro atoms. The van der Waals surface area contributed by atoms with Gasteiger partial charge in [0.2, 0.25) is 5.91 Å². The molecular formula is C21H35N3O3. The molecule has 152 valence electrons. The van der Waals surface area contributed by atoms with Crippen LogP contribution in [0.25, 0.3) is 0 Å². The number of methoxy groups -OCH3 is 1. The van der Waals surface area contributed by atoms with Gasteiger partial charge in [-0.2, -0.15) is 0 Å². The largest absolute Gasteiger partial charge is 0.497 e. The van der Waals surface area contributed by atoms with Crippen molar-refractivity contribution in [2.45, 2.75) is 38.3 Å². The quantitative estimate of drug-likeness (QED) is 0.674. The smallest absolute Gasteiger partial charge is 0.237 e. The van der Waals surface area contributed by atoms with Crippen LogP contribution in [-0.2, 0) is 16.0 Å². The first-order valence-electron chi connectivity index (χ1n) is 9.90. The van der Waals surface area contributed by atoms with Crippen LogP contribution >= 0.6 is 0 Å². The van der Waals surface area contributed by atoms with Gasteiger partial charge < -0.3 is 19.7 Å². The summed E-state index contributed by atoms with van der Waals surface area (Å²) in [6.45, 7) is 6.21. The third kappa shape index (κ3) is 7.48. The lowest BCUT2D eigenvalue weighted by Crippen LogP contribution is -2.49. The minimum absolute atomic E-state index is 0.0939. The van der Waals surface area contributed by atoms with E-state index in [0.29, 0.717) is 12.6 Å². The number of nitrogens with zero attached hydrogens (tertiary/aromatic N) is 2. The second-order valence-electron chi connectivity index (χ2n) is 7.47. The Hall–Kier alpha value is -1.63. The second-order valence-corrected chi connectivity index (χ2v) is 7.47. The molecule has 0 unspecified atom stereocenters. The summed E-state index contributed by atoms with van der Waals surface area (Å²) in [5.74, 6) is 0.959. The average molecular weight is 378 g/mol. The van der Waals surface area contributed by atoms with Crippen molar-refractivity contribution >= 4 is 5.91 Å². The van der Waals surface area contributed by atoms with Gasteiger partial charge >= 0.3 is 0 Å². The number of ether oxygens (including phenoxy) is 2. The van der Waals surface area contributed by atoms with Gasteiger partial charge in [-0.25, -0.2) is 0 Å². The molecule has 1 aromatic carbocycles. The molecule has 1 fully saturated rings. The number of piperidine rings is 1. The fourth-order valence-corrected chi connectivity index (χ4v) is 3.27. The van der Waals surface area contributed by atoms with Crippen molar-refractivity contribution in [3.8, 4) is 5.75 Å². The molecular weight excluding hydrogens is 342 g/mol. The fourth-order valence-electron chi connectivity index (χ4n) is 3.27. The van der Waals surface area contributed by atoms with Crippen molar-refractivity contribution in [1.82, 2.24) is 15.1 Å². The summed E-state index contributed by atoms with van der Waals surface area (Å²) in [5.41, 5.74) is 1.19. The molecule has 1 amide bonds. The lowest BCUT2D eigenvalue weighted by molar-refractivity contribution is -0.127. The van der Waals surface area contributed by atoms with Gasteiger partial charge in [-0.05, 0) is 58.0 Å². The molecule has 1 aliphatic heterocycles. The van der Waals surface area contributed by atoms with Gasteiger partial charge in [0.1, 0.15) is 5.75 Å². The normalized spacial score (nSPS) is 17.1. The number of likely N-dealkylation sites (tertiary alicyclic amines) is 1. The lowest BCUT2D eigenvalue weighted by atomic mass is 10.1. The number of hydrogen-bond donors (Lipinski definition) is 1. The van der Waals surface area contributed by atoms with E-state index in [1.54, 1.807) is 7.11 Å². The highest BCUT2D eigenvalue weighted by Gasteiger charge is 2.26. The number of likely N-dealkylation sites (N-methyl/N-ethyl adjacent to an activating group) is 1. The number of amides is 1. The molecule has 6 nitrogen and oxygen atoms in total. The highest BCUT2D eigenvalue weighted by atomic mass is 16.5. The summed E-state index contributed by atoms with van der Waals surface area (Å²) in [7, 11) is 5.77. The van der Waals surface area contributed by atoms with E-state index in [1.165, 1.54) is 5.56 Å². The van der Waals surface area contributed by atoms with Crippen molar-refractivity contribution in [2.24, 2.45) is 0 Å². The number of nitrogens with one attached hydrogen (secondary N) is 1. The van der Waals surface area contributed by atoms with Crippen LogP contribution < -0.4 is 10.1 Å². The predicted molar refractivity (Wildman–Crippen MR) is 108 cm³/mol. The van der Waals surface area contributed by atoms with Crippen molar-refractivity contribution < 1.29 is 14.3 Å². The third-order valence-corrected chi connectivity index (χ3v) is 5.17. The molecule has 2 rings (SSSR count). The lowest BCUT2D eigenvalue weighted by Gasteiger charge is -2.35. The molecule has 27 heavy (non-hydrogen) atoms. The SMILES string of the molecule is COc1ccc(CCNC(=O)[C@@H](C)N2CCC(OCCN(C)C)CC2)cc1. The van der Waals surface area contributed by atoms with Crippen LogP contribution in [0.1, 0.15) is 25.3 Å². The Morgan fingerprint density at radius 2 is 1.93 bits per heavy atom. The Morgan fingerprint density at radius 3 is 2.52 bits per heavy atom. The van der Waals surface area contributed by atoms with E-state index in [-0.39, 0.29) is 11.9 Å². The zero-order valence-electron chi connectivity index (χ0n) is 17.2. The monoisotopic (exact) mass is 377 g/mol. The van der Waals surface area contributed by atoms with E-state index in [4.69, 9.17) is 9.47 Å². The van der Waals surface area contributed by atoms with Crippen LogP contribution in [0, 0.1) is 0 Å². The van der Waals surface area contributed by atoms with E-state index in [9.17, 15) is 4.79 Å². The van der Waals surface area contributed by atoms with E-state index < -0.39 is 0 Å². The van der Waals surface area contributed by atoms with Gasteiger partial charge in [0, 0.05) is 26.2 Å². The Kier molecular flexibility index (Phi) is 9.04. The van der Waals surface area contributed by atoms with Crippen molar-refractivity contribution in [3.63, 3.8) is 0 Å². The second kappa shape index (κ2) is 11.3. The summed E-state index contributed by atoms with van der Waals surface area (Å²) in [6.07, 6.45) is 3.14. The zero-order valence-corrected chi connectivity index (χ0v) is 17.2. The molecule has 0 bridgehead atoms. The van der Waals surface area contributed by atoms with Crippen LogP contribution in [0.2, 0.25) is 0 Å². The predicted octanol–water partition coefficient (Wildman–Crippen LogP) is 1.79. The molecule has 0 aliphatic carbocycles. The standard InChI is InChI=1S/C21H35N3O3/c1-17(24-13-10-20(11-14-24)27-16-15-23(2)3)21(25)22-12-9-18-5-7-19(26-4)8-6-18/h5-8,17,20H,9-16H2,1-4H3,(H,22,25)/t17-/m1/s1. The number of carbonyl (C=O) groups excluding carboxylic acids is 1. The minimum atomic E-state index is -0.0939. The number of hydrogen-bond acceptors (Lipinski definition) is 5. The Balaban J connectivity index is 1.64. The molecule has 0 aromatic heterocycles. The maximum absolute atomic E-state index is 12.5. The number of carbonyl (C=O) groups is 1. The van der Waals surface area contributed by atoms with Gasteiger partial charge in [0.15, 0.2) is 0 Å². The van der Waals surface area contributed by atoms with Gasteiger partial charge in [0.25, 0.3) is 0 Å². The summed E-state index contributed by atoms with van der Waals surface area (Å²) in [5, 5.41) is 3.07. The van der Waals surface area contributed by atoms with Crippen LogP contribution in [0.3, 0.4) is 0 Å². The zero-order chi connectivity index (χ0) is 19.6. The van der Waals surface area contributed by atoms with Gasteiger partial charge in [-0.15, -0.1) is 0 Å². The van der Waals surface area contributed by atoms with E-state index in [2.05, 4.69) is 29.2 Å². The van der Waals surface area contributed by atoms with Crippen LogP contribution in [0.5, 0.6) is 5.75 Å². The molecule has 1 atom stereocenters. The van der Waals surface area contributed by atoms with Crippen LogP contribution in [-0.4, -0.2) is 81.8 Å². The molecule has 1 N–H and O–H groups in total. The highest BCUT2D eigenvalue weighted by molar-refractivity contribution is 5.81. The summed E-state index contributed by atoms with van der Waals surface area (Å²) >= 11 is 0. The Morgan fingerprint density at radius 1 is 1.26 bits per heavy atom. The van der Waals surface area contributed by atoms with Crippen LogP contribution in [0.15, 0.2) is 24.3 Å². The molecule has 6 heteroatoms. The third-order valence-electron chi connectivity index (χ3n) is 5.17. The summed E-state index contributed by atoms with van der Waals surface area (Å²) < 4.78 is 11.1. The topological polar surface area (TPSA) is 54.0 Å². The first-order valence-corrected chi connectivity index (χ1v) is 9.90. The highest BCUT2D eigenvalue weighted by Crippen LogP contribution is 2.16. The molecule has 1 aliphatic rings. The molecule has 0 radical (unpaired) electrons. The summed E-state index contributed by atoms with van der Waals surface area (Å²) in [6, 6.07) is 7.88. The first kappa shape index (κ1) is 21.7. The maximum atomic E-state index is 12.5.